The molecule has 1 saturated carbocycles. The largest absolute Gasteiger partial charge is 0.381 e. The van der Waals surface area contributed by atoms with Gasteiger partial charge in [-0.1, -0.05) is 6.42 Å². The first-order chi connectivity index (χ1) is 11.8. The van der Waals surface area contributed by atoms with Gasteiger partial charge in [-0.05, 0) is 18.8 Å². The number of rotatable bonds is 6. The fraction of sp³-hybridized carbons (Fsp3) is 0.667. The monoisotopic (exact) mass is 329 g/mol. The molecule has 2 aromatic rings. The summed E-state index contributed by atoms with van der Waals surface area (Å²) in [6.45, 7) is 5.71. The normalized spacial score (nSPS) is 22.1. The summed E-state index contributed by atoms with van der Waals surface area (Å²) in [5.41, 5.74) is 2.56. The molecule has 0 radical (unpaired) electrons. The van der Waals surface area contributed by atoms with Crippen LogP contribution in [0.5, 0.6) is 0 Å². The number of fused-ring (bicyclic) bond motifs is 1. The average Bonchev–Trinajstić information content (AvgIpc) is 3.07. The van der Waals surface area contributed by atoms with Crippen molar-refractivity contribution in [3.63, 3.8) is 0 Å². The summed E-state index contributed by atoms with van der Waals surface area (Å²) in [4.78, 5) is 6.83. The van der Waals surface area contributed by atoms with Gasteiger partial charge in [0, 0.05) is 63.7 Å². The Balaban J connectivity index is 1.39. The zero-order chi connectivity index (χ0) is 16.4. The molecule has 1 atom stereocenters. The van der Waals surface area contributed by atoms with Crippen molar-refractivity contribution in [3.05, 3.63) is 36.2 Å². The van der Waals surface area contributed by atoms with E-state index in [0.29, 0.717) is 5.92 Å². The zero-order valence-corrected chi connectivity index (χ0v) is 14.5. The molecule has 6 heteroatoms. The van der Waals surface area contributed by atoms with Gasteiger partial charge in [-0.15, -0.1) is 0 Å². The third kappa shape index (κ3) is 3.70. The minimum atomic E-state index is 0.511. The van der Waals surface area contributed by atoms with Crippen LogP contribution in [0.3, 0.4) is 0 Å². The molecule has 0 spiro atoms. The van der Waals surface area contributed by atoms with E-state index in [1.807, 2.05) is 30.5 Å². The highest BCUT2D eigenvalue weighted by Gasteiger charge is 2.24. The third-order valence-electron chi connectivity index (χ3n) is 5.25. The van der Waals surface area contributed by atoms with Crippen molar-refractivity contribution >= 4 is 0 Å². The summed E-state index contributed by atoms with van der Waals surface area (Å²) in [7, 11) is 1.97. The SMILES string of the molecule is Cn1cc(CN2Cc3cncn3C[C@H](COCC3CCC3)C2)cn1. The van der Waals surface area contributed by atoms with Crippen LogP contribution in [0.15, 0.2) is 24.9 Å². The number of aromatic nitrogens is 4. The molecule has 0 aromatic carbocycles. The molecular formula is C18H27N5O. The number of hydrogen-bond donors (Lipinski definition) is 0. The number of hydrogen-bond acceptors (Lipinski definition) is 4. The summed E-state index contributed by atoms with van der Waals surface area (Å²) in [6.07, 6.45) is 12.1. The number of imidazole rings is 1. The minimum Gasteiger partial charge on any atom is -0.381 e. The standard InChI is InChI=1S/C18H27N5O/c1-21-7-16(5-20-21)8-22-9-17(13-24-12-15-3-2-4-15)10-23-14-19-6-18(23)11-22/h5-7,14-15,17H,2-4,8-13H2,1H3/t17-/m1/s1. The molecule has 1 aliphatic carbocycles. The van der Waals surface area contributed by atoms with Crippen molar-refractivity contribution < 1.29 is 4.74 Å². The van der Waals surface area contributed by atoms with Gasteiger partial charge in [-0.3, -0.25) is 9.58 Å². The van der Waals surface area contributed by atoms with E-state index in [-0.39, 0.29) is 0 Å². The van der Waals surface area contributed by atoms with Crippen LogP contribution < -0.4 is 0 Å². The van der Waals surface area contributed by atoms with Gasteiger partial charge in [0.15, 0.2) is 0 Å². The summed E-state index contributed by atoms with van der Waals surface area (Å²) in [5.74, 6) is 1.32. The molecule has 0 bridgehead atoms. The number of nitrogens with zero attached hydrogens (tertiary/aromatic N) is 5. The summed E-state index contributed by atoms with van der Waals surface area (Å²) in [5, 5.41) is 4.29. The highest BCUT2D eigenvalue weighted by atomic mass is 16.5. The van der Waals surface area contributed by atoms with Crippen LogP contribution >= 0.6 is 0 Å². The van der Waals surface area contributed by atoms with Gasteiger partial charge in [0.2, 0.25) is 0 Å². The highest BCUT2D eigenvalue weighted by molar-refractivity contribution is 5.06. The smallest absolute Gasteiger partial charge is 0.0948 e. The first-order valence-electron chi connectivity index (χ1n) is 9.03. The Kier molecular flexibility index (Phi) is 4.67. The fourth-order valence-electron chi connectivity index (χ4n) is 3.74. The van der Waals surface area contributed by atoms with Crippen LogP contribution in [0.1, 0.15) is 30.5 Å². The molecule has 6 nitrogen and oxygen atoms in total. The van der Waals surface area contributed by atoms with Crippen LogP contribution in [0.4, 0.5) is 0 Å². The van der Waals surface area contributed by atoms with Crippen molar-refractivity contribution in [2.75, 3.05) is 19.8 Å². The summed E-state index contributed by atoms with van der Waals surface area (Å²) < 4.78 is 10.2. The minimum absolute atomic E-state index is 0.511. The van der Waals surface area contributed by atoms with E-state index >= 15 is 0 Å². The Hall–Kier alpha value is -1.66. The molecule has 4 rings (SSSR count). The second-order valence-corrected chi connectivity index (χ2v) is 7.43. The maximum atomic E-state index is 6.05. The van der Waals surface area contributed by atoms with E-state index in [0.717, 1.165) is 45.3 Å². The molecule has 0 N–H and O–H groups in total. The molecule has 0 amide bonds. The van der Waals surface area contributed by atoms with Gasteiger partial charge in [0.25, 0.3) is 0 Å². The van der Waals surface area contributed by atoms with E-state index < -0.39 is 0 Å². The molecule has 0 unspecified atom stereocenters. The number of ether oxygens (including phenoxy) is 1. The Bertz CT molecular complexity index is 660. The highest BCUT2D eigenvalue weighted by Crippen LogP contribution is 2.26. The topological polar surface area (TPSA) is 48.1 Å². The second-order valence-electron chi connectivity index (χ2n) is 7.43. The Morgan fingerprint density at radius 3 is 2.79 bits per heavy atom. The van der Waals surface area contributed by atoms with Crippen LogP contribution in [0.2, 0.25) is 0 Å². The van der Waals surface area contributed by atoms with Gasteiger partial charge in [-0.25, -0.2) is 4.98 Å². The Morgan fingerprint density at radius 1 is 1.17 bits per heavy atom. The quantitative estimate of drug-likeness (QED) is 0.814. The predicted octanol–water partition coefficient (Wildman–Crippen LogP) is 2.07. The van der Waals surface area contributed by atoms with E-state index in [2.05, 4.69) is 25.7 Å². The van der Waals surface area contributed by atoms with E-state index in [1.165, 1.54) is 30.5 Å². The molecule has 1 aliphatic heterocycles. The van der Waals surface area contributed by atoms with Crippen molar-refractivity contribution in [2.45, 2.75) is 38.9 Å². The summed E-state index contributed by atoms with van der Waals surface area (Å²) >= 11 is 0. The fourth-order valence-corrected chi connectivity index (χ4v) is 3.74. The van der Waals surface area contributed by atoms with Crippen molar-refractivity contribution in [3.8, 4) is 0 Å². The Labute approximate surface area is 143 Å². The van der Waals surface area contributed by atoms with Gasteiger partial charge in [0.1, 0.15) is 0 Å². The zero-order valence-electron chi connectivity index (χ0n) is 14.5. The Morgan fingerprint density at radius 2 is 2.04 bits per heavy atom. The van der Waals surface area contributed by atoms with E-state index in [1.54, 1.807) is 0 Å². The second kappa shape index (κ2) is 7.07. The lowest BCUT2D eigenvalue weighted by atomic mass is 9.86. The van der Waals surface area contributed by atoms with Crippen LogP contribution in [-0.2, 0) is 31.4 Å². The molecule has 0 saturated heterocycles. The third-order valence-corrected chi connectivity index (χ3v) is 5.25. The first kappa shape index (κ1) is 15.8. The van der Waals surface area contributed by atoms with Gasteiger partial charge >= 0.3 is 0 Å². The molecule has 3 heterocycles. The van der Waals surface area contributed by atoms with Gasteiger partial charge in [0.05, 0.1) is 24.8 Å². The van der Waals surface area contributed by atoms with Crippen molar-refractivity contribution in [2.24, 2.45) is 18.9 Å². The maximum Gasteiger partial charge on any atom is 0.0948 e. The van der Waals surface area contributed by atoms with Gasteiger partial charge < -0.3 is 9.30 Å². The van der Waals surface area contributed by atoms with E-state index in [4.69, 9.17) is 4.74 Å². The molecule has 2 aliphatic rings. The number of aryl methyl sites for hydroxylation is 1. The lowest BCUT2D eigenvalue weighted by Crippen LogP contribution is -2.30. The lowest BCUT2D eigenvalue weighted by Gasteiger charge is -2.27. The first-order valence-corrected chi connectivity index (χ1v) is 9.03. The van der Waals surface area contributed by atoms with Gasteiger partial charge in [-0.2, -0.15) is 5.10 Å². The summed E-state index contributed by atoms with van der Waals surface area (Å²) in [6, 6.07) is 0. The molecule has 130 valence electrons. The molecule has 2 aromatic heterocycles. The average molecular weight is 329 g/mol. The van der Waals surface area contributed by atoms with Crippen LogP contribution in [0, 0.1) is 11.8 Å². The van der Waals surface area contributed by atoms with Crippen LogP contribution in [0.25, 0.3) is 0 Å². The molecule has 1 fully saturated rings. The van der Waals surface area contributed by atoms with E-state index in [9.17, 15) is 0 Å². The molecule has 24 heavy (non-hydrogen) atoms. The maximum absolute atomic E-state index is 6.05. The van der Waals surface area contributed by atoms with Crippen molar-refractivity contribution in [1.29, 1.82) is 0 Å². The lowest BCUT2D eigenvalue weighted by molar-refractivity contribution is 0.0358. The van der Waals surface area contributed by atoms with Crippen molar-refractivity contribution in [1.82, 2.24) is 24.2 Å². The predicted molar refractivity (Wildman–Crippen MR) is 91.2 cm³/mol. The van der Waals surface area contributed by atoms with Crippen LogP contribution in [-0.4, -0.2) is 44.0 Å². The molecular weight excluding hydrogens is 302 g/mol.